The second-order valence-electron chi connectivity index (χ2n) is 7.19. The summed E-state index contributed by atoms with van der Waals surface area (Å²) in [5.74, 6) is -0.832. The Morgan fingerprint density at radius 2 is 1.92 bits per heavy atom. The number of carboxylic acid groups (broad SMARTS) is 1. The second kappa shape index (κ2) is 5.82. The van der Waals surface area contributed by atoms with Gasteiger partial charge in [-0.3, -0.25) is 0 Å². The van der Waals surface area contributed by atoms with Crippen molar-refractivity contribution in [3.05, 3.63) is 47.5 Å². The first-order valence-electron chi connectivity index (χ1n) is 8.00. The molecule has 1 saturated carbocycles. The summed E-state index contributed by atoms with van der Waals surface area (Å²) in [5.41, 5.74) is 0.697. The molecule has 2 aromatic carbocycles. The molecule has 0 aromatic heterocycles. The fourth-order valence-corrected chi connectivity index (χ4v) is 2.93. The molecule has 24 heavy (non-hydrogen) atoms. The van der Waals surface area contributed by atoms with Gasteiger partial charge in [0, 0.05) is 12.0 Å². The lowest BCUT2D eigenvalue weighted by Crippen LogP contribution is -2.34. The minimum atomic E-state index is -0.945. The van der Waals surface area contributed by atoms with Gasteiger partial charge in [-0.15, -0.1) is 0 Å². The number of nitrogens with one attached hydrogen (secondary N) is 1. The van der Waals surface area contributed by atoms with Crippen LogP contribution >= 0.6 is 0 Å². The van der Waals surface area contributed by atoms with Crippen LogP contribution in [0.1, 0.15) is 49.0 Å². The van der Waals surface area contributed by atoms with E-state index in [4.69, 9.17) is 4.74 Å². The van der Waals surface area contributed by atoms with Crippen LogP contribution in [0.2, 0.25) is 0 Å². The molecule has 2 atom stereocenters. The highest BCUT2D eigenvalue weighted by Crippen LogP contribution is 2.44. The van der Waals surface area contributed by atoms with Crippen LogP contribution in [0, 0.1) is 0 Å². The number of aromatic carboxylic acids is 1. The number of carbonyl (C=O) groups excluding carboxylic acids is 1. The standard InChI is InChI=1S/C19H21NO4/c1-19(2,3)24-18(23)20-16-10-15(16)14-9-12(17(21)22)8-11-6-4-5-7-13(11)14/h4-9,15-16H,10H2,1-3H3,(H,20,23)(H,21,22). The lowest BCUT2D eigenvalue weighted by molar-refractivity contribution is 0.0522. The van der Waals surface area contributed by atoms with Crippen LogP contribution < -0.4 is 5.32 Å². The van der Waals surface area contributed by atoms with E-state index in [0.29, 0.717) is 0 Å². The van der Waals surface area contributed by atoms with Crippen molar-refractivity contribution in [1.29, 1.82) is 0 Å². The summed E-state index contributed by atoms with van der Waals surface area (Å²) in [6.45, 7) is 5.46. The van der Waals surface area contributed by atoms with Crippen molar-refractivity contribution < 1.29 is 19.4 Å². The van der Waals surface area contributed by atoms with Gasteiger partial charge in [-0.1, -0.05) is 24.3 Å². The van der Waals surface area contributed by atoms with Gasteiger partial charge in [-0.05, 0) is 55.7 Å². The van der Waals surface area contributed by atoms with Gasteiger partial charge in [0.15, 0.2) is 0 Å². The molecular formula is C19H21NO4. The van der Waals surface area contributed by atoms with Crippen molar-refractivity contribution in [3.63, 3.8) is 0 Å². The smallest absolute Gasteiger partial charge is 0.407 e. The summed E-state index contributed by atoms with van der Waals surface area (Å²) < 4.78 is 5.28. The maximum absolute atomic E-state index is 11.9. The molecule has 1 aliphatic rings. The molecule has 1 fully saturated rings. The average molecular weight is 327 g/mol. The summed E-state index contributed by atoms with van der Waals surface area (Å²) >= 11 is 0. The number of benzene rings is 2. The Labute approximate surface area is 140 Å². The number of ether oxygens (including phenoxy) is 1. The molecule has 3 rings (SSSR count). The molecule has 0 saturated heterocycles. The van der Waals surface area contributed by atoms with Gasteiger partial charge >= 0.3 is 12.1 Å². The van der Waals surface area contributed by atoms with Gasteiger partial charge in [0.1, 0.15) is 5.60 Å². The summed E-state index contributed by atoms with van der Waals surface area (Å²) in [6, 6.07) is 11.1. The topological polar surface area (TPSA) is 75.6 Å². The van der Waals surface area contributed by atoms with Gasteiger partial charge in [0.05, 0.1) is 5.56 Å². The van der Waals surface area contributed by atoms with E-state index in [2.05, 4.69) is 5.32 Å². The first-order chi connectivity index (χ1) is 11.2. The van der Waals surface area contributed by atoms with E-state index in [-0.39, 0.29) is 17.5 Å². The minimum absolute atomic E-state index is 0.0210. The Morgan fingerprint density at radius 3 is 2.58 bits per heavy atom. The lowest BCUT2D eigenvalue weighted by atomic mass is 9.97. The van der Waals surface area contributed by atoms with Crippen LogP contribution in [-0.2, 0) is 4.74 Å². The number of amides is 1. The number of carbonyl (C=O) groups is 2. The number of fused-ring (bicyclic) bond motifs is 1. The number of hydrogen-bond acceptors (Lipinski definition) is 3. The van der Waals surface area contributed by atoms with Crippen molar-refractivity contribution in [2.45, 2.75) is 44.8 Å². The van der Waals surface area contributed by atoms with E-state index in [9.17, 15) is 14.7 Å². The molecule has 1 aliphatic carbocycles. The highest BCUT2D eigenvalue weighted by Gasteiger charge is 2.41. The van der Waals surface area contributed by atoms with Crippen molar-refractivity contribution in [1.82, 2.24) is 5.32 Å². The number of hydrogen-bond donors (Lipinski definition) is 2. The molecule has 2 N–H and O–H groups in total. The lowest BCUT2D eigenvalue weighted by Gasteiger charge is -2.19. The fourth-order valence-electron chi connectivity index (χ4n) is 2.93. The van der Waals surface area contributed by atoms with Crippen LogP contribution in [0.5, 0.6) is 0 Å². The summed E-state index contributed by atoms with van der Waals surface area (Å²) in [5, 5.41) is 14.1. The Balaban J connectivity index is 1.83. The maximum atomic E-state index is 11.9. The van der Waals surface area contributed by atoms with Gasteiger partial charge in [-0.2, -0.15) is 0 Å². The van der Waals surface area contributed by atoms with E-state index >= 15 is 0 Å². The molecule has 0 spiro atoms. The largest absolute Gasteiger partial charge is 0.478 e. The molecule has 5 nitrogen and oxygen atoms in total. The van der Waals surface area contributed by atoms with E-state index in [1.54, 1.807) is 12.1 Å². The van der Waals surface area contributed by atoms with Gasteiger partial charge in [0.25, 0.3) is 0 Å². The quantitative estimate of drug-likeness (QED) is 0.896. The monoisotopic (exact) mass is 327 g/mol. The SMILES string of the molecule is CC(C)(C)OC(=O)NC1CC1c1cc(C(=O)O)cc2ccccc12. The van der Waals surface area contributed by atoms with E-state index in [0.717, 1.165) is 22.8 Å². The zero-order valence-electron chi connectivity index (χ0n) is 14.0. The molecular weight excluding hydrogens is 306 g/mol. The molecule has 2 aromatic rings. The molecule has 0 aliphatic heterocycles. The van der Waals surface area contributed by atoms with Crippen LogP contribution in [0.15, 0.2) is 36.4 Å². The van der Waals surface area contributed by atoms with E-state index in [1.165, 1.54) is 0 Å². The van der Waals surface area contributed by atoms with Crippen LogP contribution in [0.3, 0.4) is 0 Å². The zero-order chi connectivity index (χ0) is 17.5. The summed E-state index contributed by atoms with van der Waals surface area (Å²) in [6.07, 6.45) is 0.348. The van der Waals surface area contributed by atoms with Crippen LogP contribution in [0.25, 0.3) is 10.8 Å². The molecule has 126 valence electrons. The minimum Gasteiger partial charge on any atom is -0.478 e. The Kier molecular flexibility index (Phi) is 3.95. The van der Waals surface area contributed by atoms with Crippen molar-refractivity contribution in [3.8, 4) is 0 Å². The Hall–Kier alpha value is -2.56. The molecule has 2 unspecified atom stereocenters. The van der Waals surface area contributed by atoms with Gasteiger partial charge in [-0.25, -0.2) is 9.59 Å². The third kappa shape index (κ3) is 3.50. The average Bonchev–Trinajstić information content (AvgIpc) is 3.22. The molecule has 0 heterocycles. The number of carboxylic acids is 1. The van der Waals surface area contributed by atoms with Gasteiger partial charge < -0.3 is 15.2 Å². The summed E-state index contributed by atoms with van der Waals surface area (Å²) in [7, 11) is 0. The first kappa shape index (κ1) is 16.3. The second-order valence-corrected chi connectivity index (χ2v) is 7.19. The maximum Gasteiger partial charge on any atom is 0.407 e. The normalized spacial score (nSPS) is 19.8. The van der Waals surface area contributed by atoms with Crippen molar-refractivity contribution in [2.24, 2.45) is 0 Å². The fraction of sp³-hybridized carbons (Fsp3) is 0.368. The highest BCUT2D eigenvalue weighted by molar-refractivity contribution is 5.96. The van der Waals surface area contributed by atoms with Crippen molar-refractivity contribution >= 4 is 22.8 Å². The molecule has 0 bridgehead atoms. The van der Waals surface area contributed by atoms with Gasteiger partial charge in [0.2, 0.25) is 0 Å². The van der Waals surface area contributed by atoms with Crippen LogP contribution in [-0.4, -0.2) is 28.8 Å². The predicted octanol–water partition coefficient (Wildman–Crippen LogP) is 3.92. The third-order valence-corrected chi connectivity index (χ3v) is 4.03. The zero-order valence-corrected chi connectivity index (χ0v) is 14.0. The first-order valence-corrected chi connectivity index (χ1v) is 8.00. The Morgan fingerprint density at radius 1 is 1.21 bits per heavy atom. The van der Waals surface area contributed by atoms with E-state index in [1.807, 2.05) is 45.0 Å². The molecule has 1 amide bonds. The van der Waals surface area contributed by atoms with E-state index < -0.39 is 17.7 Å². The van der Waals surface area contributed by atoms with Crippen LogP contribution in [0.4, 0.5) is 4.79 Å². The third-order valence-electron chi connectivity index (χ3n) is 4.03. The predicted molar refractivity (Wildman–Crippen MR) is 91.4 cm³/mol. The Bertz CT molecular complexity index is 807. The molecule has 0 radical (unpaired) electrons. The van der Waals surface area contributed by atoms with Crippen molar-refractivity contribution in [2.75, 3.05) is 0 Å². The molecule has 5 heteroatoms. The number of alkyl carbamates (subject to hydrolysis) is 1. The number of rotatable bonds is 3. The highest BCUT2D eigenvalue weighted by atomic mass is 16.6. The summed E-state index contributed by atoms with van der Waals surface area (Å²) in [4.78, 5) is 23.3.